The molecule has 0 bridgehead atoms. The zero-order chi connectivity index (χ0) is 13.8. The van der Waals surface area contributed by atoms with Gasteiger partial charge in [0, 0.05) is 16.6 Å². The SMILES string of the molecule is CC(N)c1cc(Cl)ccc1OCc1cccc(O)c1. The molecule has 3 nitrogen and oxygen atoms in total. The Balaban J connectivity index is 2.15. The number of aromatic hydroxyl groups is 1. The molecule has 0 spiro atoms. The molecule has 0 heterocycles. The topological polar surface area (TPSA) is 55.5 Å². The van der Waals surface area contributed by atoms with E-state index in [0.717, 1.165) is 11.1 Å². The van der Waals surface area contributed by atoms with Crippen molar-refractivity contribution in [1.29, 1.82) is 0 Å². The highest BCUT2D eigenvalue weighted by Crippen LogP contribution is 2.28. The molecule has 1 atom stereocenters. The summed E-state index contributed by atoms with van der Waals surface area (Å²) in [5.74, 6) is 0.937. The number of phenolic OH excluding ortho intramolecular Hbond substituents is 1. The molecule has 0 aliphatic heterocycles. The normalized spacial score (nSPS) is 12.2. The second kappa shape index (κ2) is 5.95. The second-order valence-corrected chi connectivity index (χ2v) is 4.87. The van der Waals surface area contributed by atoms with Crippen LogP contribution in [-0.2, 0) is 6.61 Å². The number of benzene rings is 2. The molecule has 0 fully saturated rings. The van der Waals surface area contributed by atoms with Gasteiger partial charge in [0.05, 0.1) is 0 Å². The average Bonchev–Trinajstić information content (AvgIpc) is 2.37. The van der Waals surface area contributed by atoms with Crippen LogP contribution < -0.4 is 10.5 Å². The maximum absolute atomic E-state index is 9.40. The third-order valence-corrected chi connectivity index (χ3v) is 3.00. The molecular weight excluding hydrogens is 262 g/mol. The van der Waals surface area contributed by atoms with Crippen molar-refractivity contribution in [3.05, 3.63) is 58.6 Å². The van der Waals surface area contributed by atoms with E-state index in [0.29, 0.717) is 17.4 Å². The lowest BCUT2D eigenvalue weighted by Gasteiger charge is -2.14. The number of rotatable bonds is 4. The molecule has 0 aromatic heterocycles. The molecule has 2 aromatic carbocycles. The quantitative estimate of drug-likeness (QED) is 0.897. The summed E-state index contributed by atoms with van der Waals surface area (Å²) < 4.78 is 5.74. The number of hydrogen-bond donors (Lipinski definition) is 2. The number of phenols is 1. The minimum Gasteiger partial charge on any atom is -0.508 e. The van der Waals surface area contributed by atoms with Crippen molar-refractivity contribution < 1.29 is 9.84 Å². The van der Waals surface area contributed by atoms with Gasteiger partial charge in [-0.25, -0.2) is 0 Å². The van der Waals surface area contributed by atoms with Crippen molar-refractivity contribution in [2.75, 3.05) is 0 Å². The molecule has 19 heavy (non-hydrogen) atoms. The molecule has 0 amide bonds. The maximum Gasteiger partial charge on any atom is 0.124 e. The van der Waals surface area contributed by atoms with Gasteiger partial charge in [-0.1, -0.05) is 23.7 Å². The van der Waals surface area contributed by atoms with Crippen LogP contribution in [0, 0.1) is 0 Å². The lowest BCUT2D eigenvalue weighted by molar-refractivity contribution is 0.301. The smallest absolute Gasteiger partial charge is 0.124 e. The van der Waals surface area contributed by atoms with Crippen LogP contribution >= 0.6 is 11.6 Å². The molecule has 0 aliphatic rings. The number of nitrogens with two attached hydrogens (primary N) is 1. The highest BCUT2D eigenvalue weighted by molar-refractivity contribution is 6.30. The maximum atomic E-state index is 9.40. The molecule has 0 aliphatic carbocycles. The van der Waals surface area contributed by atoms with Gasteiger partial charge in [0.25, 0.3) is 0 Å². The summed E-state index contributed by atoms with van der Waals surface area (Å²) in [6.07, 6.45) is 0. The minimum absolute atomic E-state index is 0.155. The van der Waals surface area contributed by atoms with E-state index in [9.17, 15) is 5.11 Å². The summed E-state index contributed by atoms with van der Waals surface area (Å²) in [6, 6.07) is 12.2. The summed E-state index contributed by atoms with van der Waals surface area (Å²) in [6.45, 7) is 2.25. The molecule has 0 saturated carbocycles. The molecule has 0 saturated heterocycles. The van der Waals surface area contributed by atoms with Gasteiger partial charge >= 0.3 is 0 Å². The van der Waals surface area contributed by atoms with Gasteiger partial charge in [-0.15, -0.1) is 0 Å². The summed E-state index contributed by atoms with van der Waals surface area (Å²) >= 11 is 5.95. The summed E-state index contributed by atoms with van der Waals surface area (Å²) in [4.78, 5) is 0. The van der Waals surface area contributed by atoms with Crippen molar-refractivity contribution in [3.8, 4) is 11.5 Å². The van der Waals surface area contributed by atoms with E-state index in [1.165, 1.54) is 0 Å². The van der Waals surface area contributed by atoms with Crippen molar-refractivity contribution in [1.82, 2.24) is 0 Å². The third-order valence-electron chi connectivity index (χ3n) is 2.77. The van der Waals surface area contributed by atoms with Crippen LogP contribution in [0.3, 0.4) is 0 Å². The molecule has 2 aromatic rings. The number of ether oxygens (including phenoxy) is 1. The first-order chi connectivity index (χ1) is 9.06. The molecule has 0 radical (unpaired) electrons. The molecule has 4 heteroatoms. The Morgan fingerprint density at radius 1 is 1.26 bits per heavy atom. The van der Waals surface area contributed by atoms with E-state index in [2.05, 4.69) is 0 Å². The van der Waals surface area contributed by atoms with Crippen LogP contribution in [0.25, 0.3) is 0 Å². The predicted octanol–water partition coefficient (Wildman–Crippen LogP) is 3.64. The fourth-order valence-electron chi connectivity index (χ4n) is 1.81. The van der Waals surface area contributed by atoms with E-state index >= 15 is 0 Å². The van der Waals surface area contributed by atoms with E-state index < -0.39 is 0 Å². The van der Waals surface area contributed by atoms with Crippen molar-refractivity contribution in [2.45, 2.75) is 19.6 Å². The molecular formula is C15H16ClNO2. The van der Waals surface area contributed by atoms with Crippen molar-refractivity contribution >= 4 is 11.6 Å². The molecule has 1 unspecified atom stereocenters. The first-order valence-electron chi connectivity index (χ1n) is 6.02. The van der Waals surface area contributed by atoms with Crippen molar-refractivity contribution in [3.63, 3.8) is 0 Å². The zero-order valence-electron chi connectivity index (χ0n) is 10.6. The van der Waals surface area contributed by atoms with Gasteiger partial charge in [0.2, 0.25) is 0 Å². The third kappa shape index (κ3) is 3.63. The average molecular weight is 278 g/mol. The van der Waals surface area contributed by atoms with Crippen LogP contribution in [-0.4, -0.2) is 5.11 Å². The highest BCUT2D eigenvalue weighted by Gasteiger charge is 2.09. The van der Waals surface area contributed by atoms with Crippen LogP contribution in [0.15, 0.2) is 42.5 Å². The lowest BCUT2D eigenvalue weighted by atomic mass is 10.1. The summed E-state index contributed by atoms with van der Waals surface area (Å²) in [7, 11) is 0. The van der Waals surface area contributed by atoms with E-state index in [1.807, 2.05) is 25.1 Å². The van der Waals surface area contributed by atoms with Crippen LogP contribution in [0.2, 0.25) is 5.02 Å². The predicted molar refractivity (Wildman–Crippen MR) is 76.5 cm³/mol. The summed E-state index contributed by atoms with van der Waals surface area (Å²) in [5.41, 5.74) is 7.66. The fourth-order valence-corrected chi connectivity index (χ4v) is 1.99. The van der Waals surface area contributed by atoms with E-state index in [4.69, 9.17) is 22.1 Å². The largest absolute Gasteiger partial charge is 0.508 e. The van der Waals surface area contributed by atoms with Gasteiger partial charge in [-0.3, -0.25) is 0 Å². The Morgan fingerprint density at radius 3 is 2.74 bits per heavy atom. The monoisotopic (exact) mass is 277 g/mol. The Morgan fingerprint density at radius 2 is 2.05 bits per heavy atom. The Hall–Kier alpha value is -1.71. The Labute approximate surface area is 117 Å². The van der Waals surface area contributed by atoms with E-state index in [1.54, 1.807) is 24.3 Å². The van der Waals surface area contributed by atoms with Crippen LogP contribution in [0.1, 0.15) is 24.1 Å². The Kier molecular flexibility index (Phi) is 4.30. The van der Waals surface area contributed by atoms with Gasteiger partial charge in [0.1, 0.15) is 18.1 Å². The second-order valence-electron chi connectivity index (χ2n) is 4.43. The molecule has 100 valence electrons. The minimum atomic E-state index is -0.155. The highest BCUT2D eigenvalue weighted by atomic mass is 35.5. The number of halogens is 1. The first-order valence-corrected chi connectivity index (χ1v) is 6.40. The van der Waals surface area contributed by atoms with Crippen LogP contribution in [0.5, 0.6) is 11.5 Å². The number of hydrogen-bond acceptors (Lipinski definition) is 3. The van der Waals surface area contributed by atoms with E-state index in [-0.39, 0.29) is 11.8 Å². The van der Waals surface area contributed by atoms with Gasteiger partial charge in [-0.05, 0) is 42.8 Å². The van der Waals surface area contributed by atoms with Crippen LogP contribution in [0.4, 0.5) is 0 Å². The van der Waals surface area contributed by atoms with Gasteiger partial charge < -0.3 is 15.6 Å². The molecule has 3 N–H and O–H groups in total. The van der Waals surface area contributed by atoms with Crippen molar-refractivity contribution in [2.24, 2.45) is 5.73 Å². The first kappa shape index (κ1) is 13.7. The summed E-state index contributed by atoms with van der Waals surface area (Å²) in [5, 5.41) is 10.0. The Bertz CT molecular complexity index is 570. The van der Waals surface area contributed by atoms with Gasteiger partial charge in [-0.2, -0.15) is 0 Å². The van der Waals surface area contributed by atoms with Gasteiger partial charge in [0.15, 0.2) is 0 Å². The standard InChI is InChI=1S/C15H16ClNO2/c1-10(17)14-8-12(16)5-6-15(14)19-9-11-3-2-4-13(18)7-11/h2-8,10,18H,9,17H2,1H3. The fraction of sp³-hybridized carbons (Fsp3) is 0.200. The molecule has 2 rings (SSSR count). The zero-order valence-corrected chi connectivity index (χ0v) is 11.4. The lowest BCUT2D eigenvalue weighted by Crippen LogP contribution is -2.08.